The minimum Gasteiger partial charge on any atom is -0.505 e. The molecule has 5 aromatic rings. The van der Waals surface area contributed by atoms with Gasteiger partial charge in [0.1, 0.15) is 15.9 Å². The van der Waals surface area contributed by atoms with Crippen LogP contribution in [0.25, 0.3) is 27.9 Å². The fourth-order valence-electron chi connectivity index (χ4n) is 3.78. The van der Waals surface area contributed by atoms with Gasteiger partial charge in [0.05, 0.1) is 5.69 Å². The maximum absolute atomic E-state index is 13.7. The van der Waals surface area contributed by atoms with Crippen LogP contribution in [0.5, 0.6) is 5.75 Å². The van der Waals surface area contributed by atoms with Crippen molar-refractivity contribution in [3.8, 4) is 22.7 Å². The Morgan fingerprint density at radius 2 is 1.55 bits per heavy atom. The van der Waals surface area contributed by atoms with Crippen LogP contribution in [0.4, 0.5) is 0 Å². The van der Waals surface area contributed by atoms with Gasteiger partial charge in [0, 0.05) is 16.6 Å². The molecule has 0 bridgehead atoms. The molecule has 0 aliphatic carbocycles. The molecule has 0 saturated carbocycles. The number of rotatable bonds is 4. The molecule has 33 heavy (non-hydrogen) atoms. The molecule has 0 unspecified atom stereocenters. The van der Waals surface area contributed by atoms with Crippen molar-refractivity contribution < 1.29 is 9.52 Å². The van der Waals surface area contributed by atoms with Gasteiger partial charge >= 0.3 is 5.63 Å². The molecule has 0 amide bonds. The summed E-state index contributed by atoms with van der Waals surface area (Å²) in [5, 5.41) is 11.0. The second-order valence-electron chi connectivity index (χ2n) is 7.60. The van der Waals surface area contributed by atoms with Gasteiger partial charge in [0.25, 0.3) is 5.56 Å². The molecule has 2 aromatic heterocycles. The fourth-order valence-corrected chi connectivity index (χ4v) is 4.73. The van der Waals surface area contributed by atoms with E-state index in [-0.39, 0.29) is 21.6 Å². The Balaban J connectivity index is 1.81. The van der Waals surface area contributed by atoms with Gasteiger partial charge in [-0.05, 0) is 36.8 Å². The van der Waals surface area contributed by atoms with Crippen LogP contribution in [0.15, 0.2) is 115 Å². The summed E-state index contributed by atoms with van der Waals surface area (Å²) >= 11 is 1.08. The number of hydrogen-bond acceptors (Lipinski definition) is 5. The second kappa shape index (κ2) is 8.48. The minimum absolute atomic E-state index is 0.0164. The third-order valence-electron chi connectivity index (χ3n) is 5.31. The maximum atomic E-state index is 13.7. The van der Waals surface area contributed by atoms with Gasteiger partial charge in [0.15, 0.2) is 5.75 Å². The molecule has 1 N–H and O–H groups in total. The second-order valence-corrected chi connectivity index (χ2v) is 8.68. The first kappa shape index (κ1) is 20.8. The normalized spacial score (nSPS) is 11.1. The highest BCUT2D eigenvalue weighted by Crippen LogP contribution is 2.36. The zero-order valence-corrected chi connectivity index (χ0v) is 18.5. The largest absolute Gasteiger partial charge is 0.505 e. The van der Waals surface area contributed by atoms with Crippen molar-refractivity contribution in [2.24, 2.45) is 0 Å². The smallest absolute Gasteiger partial charge is 0.354 e. The summed E-state index contributed by atoms with van der Waals surface area (Å²) in [5.41, 5.74) is 1.88. The van der Waals surface area contributed by atoms with Crippen LogP contribution in [0.3, 0.4) is 0 Å². The minimum atomic E-state index is -0.692. The van der Waals surface area contributed by atoms with Crippen molar-refractivity contribution in [1.29, 1.82) is 0 Å². The summed E-state index contributed by atoms with van der Waals surface area (Å²) in [5.74, 6) is -0.373. The average Bonchev–Trinajstić information content (AvgIpc) is 2.82. The SMILES string of the molecule is Cc1cccc(Sc2c(O)c3c(=O)n(-c4ccccc4)c(-c4ccccc4)cc3oc2=O)c1. The van der Waals surface area contributed by atoms with Crippen molar-refractivity contribution >= 4 is 22.7 Å². The fraction of sp³-hybridized carbons (Fsp3) is 0.0370. The van der Waals surface area contributed by atoms with E-state index < -0.39 is 11.2 Å². The van der Waals surface area contributed by atoms with Crippen LogP contribution in [-0.4, -0.2) is 9.67 Å². The third-order valence-corrected chi connectivity index (χ3v) is 6.36. The third kappa shape index (κ3) is 3.85. The van der Waals surface area contributed by atoms with Crippen molar-refractivity contribution in [3.63, 3.8) is 0 Å². The first-order chi connectivity index (χ1) is 16.0. The summed E-state index contributed by atoms with van der Waals surface area (Å²) in [4.78, 5) is 27.3. The monoisotopic (exact) mass is 453 g/mol. The summed E-state index contributed by atoms with van der Waals surface area (Å²) in [7, 11) is 0. The molecule has 5 rings (SSSR count). The Morgan fingerprint density at radius 3 is 2.24 bits per heavy atom. The van der Waals surface area contributed by atoms with Crippen LogP contribution in [0.2, 0.25) is 0 Å². The van der Waals surface area contributed by atoms with Crippen molar-refractivity contribution in [2.75, 3.05) is 0 Å². The summed E-state index contributed by atoms with van der Waals surface area (Å²) < 4.78 is 7.09. The molecule has 0 atom stereocenters. The van der Waals surface area contributed by atoms with Gasteiger partial charge in [-0.2, -0.15) is 0 Å². The first-order valence-electron chi connectivity index (χ1n) is 10.3. The number of fused-ring (bicyclic) bond motifs is 1. The van der Waals surface area contributed by atoms with Crippen molar-refractivity contribution in [1.82, 2.24) is 4.57 Å². The van der Waals surface area contributed by atoms with E-state index in [1.54, 1.807) is 6.07 Å². The molecule has 0 fully saturated rings. The van der Waals surface area contributed by atoms with Crippen LogP contribution in [-0.2, 0) is 0 Å². The maximum Gasteiger partial charge on any atom is 0.354 e. The highest BCUT2D eigenvalue weighted by Gasteiger charge is 2.22. The van der Waals surface area contributed by atoms with Gasteiger partial charge in [0.2, 0.25) is 0 Å². The van der Waals surface area contributed by atoms with E-state index in [2.05, 4.69) is 0 Å². The van der Waals surface area contributed by atoms with Crippen LogP contribution < -0.4 is 11.2 Å². The molecule has 3 aromatic carbocycles. The summed E-state index contributed by atoms with van der Waals surface area (Å²) in [6, 6.07) is 27.7. The van der Waals surface area contributed by atoms with E-state index in [4.69, 9.17) is 4.42 Å². The molecule has 0 radical (unpaired) electrons. The van der Waals surface area contributed by atoms with E-state index in [1.807, 2.05) is 91.9 Å². The molecule has 0 aliphatic heterocycles. The van der Waals surface area contributed by atoms with Gasteiger partial charge in [-0.25, -0.2) is 4.79 Å². The number of pyridine rings is 1. The predicted octanol–water partition coefficient (Wildman–Crippen LogP) is 5.78. The van der Waals surface area contributed by atoms with E-state index >= 15 is 0 Å². The Morgan fingerprint density at radius 1 is 0.848 bits per heavy atom. The van der Waals surface area contributed by atoms with Gasteiger partial charge in [-0.1, -0.05) is 78.0 Å². The molecule has 0 aliphatic rings. The molecule has 6 heteroatoms. The van der Waals surface area contributed by atoms with Crippen LogP contribution in [0.1, 0.15) is 5.56 Å². The predicted molar refractivity (Wildman–Crippen MR) is 130 cm³/mol. The number of aromatic nitrogens is 1. The lowest BCUT2D eigenvalue weighted by molar-refractivity contribution is 0.446. The molecular weight excluding hydrogens is 434 g/mol. The molecular formula is C27H19NO4S. The zero-order chi connectivity index (χ0) is 22.9. The number of para-hydroxylation sites is 1. The average molecular weight is 454 g/mol. The molecule has 162 valence electrons. The van der Waals surface area contributed by atoms with Gasteiger partial charge in [-0.15, -0.1) is 0 Å². The number of aromatic hydroxyl groups is 1. The lowest BCUT2D eigenvalue weighted by Gasteiger charge is -2.15. The van der Waals surface area contributed by atoms with Crippen LogP contribution >= 0.6 is 11.8 Å². The van der Waals surface area contributed by atoms with Gasteiger partial charge in [-0.3, -0.25) is 9.36 Å². The quantitative estimate of drug-likeness (QED) is 0.374. The number of aryl methyl sites for hydroxylation is 1. The molecule has 5 nitrogen and oxygen atoms in total. The molecule has 2 heterocycles. The summed E-state index contributed by atoms with van der Waals surface area (Å²) in [6.45, 7) is 1.94. The molecule has 0 saturated heterocycles. The summed E-state index contributed by atoms with van der Waals surface area (Å²) in [6.07, 6.45) is 0. The van der Waals surface area contributed by atoms with Crippen molar-refractivity contribution in [2.45, 2.75) is 16.7 Å². The lowest BCUT2D eigenvalue weighted by Crippen LogP contribution is -2.21. The lowest BCUT2D eigenvalue weighted by atomic mass is 10.1. The Kier molecular flexibility index (Phi) is 5.36. The highest BCUT2D eigenvalue weighted by molar-refractivity contribution is 7.99. The van der Waals surface area contributed by atoms with Crippen molar-refractivity contribution in [3.05, 3.63) is 117 Å². The first-order valence-corrected chi connectivity index (χ1v) is 11.2. The number of hydrogen-bond donors (Lipinski definition) is 1. The van der Waals surface area contributed by atoms with E-state index in [1.165, 1.54) is 4.57 Å². The van der Waals surface area contributed by atoms with E-state index in [0.29, 0.717) is 11.4 Å². The Bertz CT molecular complexity index is 1590. The highest BCUT2D eigenvalue weighted by atomic mass is 32.2. The number of nitrogens with zero attached hydrogens (tertiary/aromatic N) is 1. The van der Waals surface area contributed by atoms with E-state index in [0.717, 1.165) is 27.8 Å². The topological polar surface area (TPSA) is 72.4 Å². The van der Waals surface area contributed by atoms with Crippen LogP contribution in [0, 0.1) is 6.92 Å². The van der Waals surface area contributed by atoms with Gasteiger partial charge < -0.3 is 9.52 Å². The van der Waals surface area contributed by atoms with E-state index in [9.17, 15) is 14.7 Å². The number of benzene rings is 3. The standard InChI is InChI=1S/C27H19NO4S/c1-17-9-8-14-20(15-17)33-25-24(29)23-22(32-27(25)31)16-21(18-10-4-2-5-11-18)28(26(23)30)19-12-6-3-7-13-19/h2-16,29H,1H3. The molecule has 0 spiro atoms. The Labute approximate surface area is 193 Å². The Hall–Kier alpha value is -4.03. The zero-order valence-electron chi connectivity index (χ0n) is 17.7.